The van der Waals surface area contributed by atoms with Crippen molar-refractivity contribution in [1.82, 2.24) is 4.98 Å². The van der Waals surface area contributed by atoms with Crippen LogP contribution in [-0.4, -0.2) is 29.1 Å². The molecular formula is C9H14N2O2S. The van der Waals surface area contributed by atoms with Crippen molar-refractivity contribution in [3.63, 3.8) is 0 Å². The Bertz CT molecular complexity index is 312. The van der Waals surface area contributed by atoms with Crippen molar-refractivity contribution in [3.8, 4) is 0 Å². The van der Waals surface area contributed by atoms with Crippen LogP contribution in [0, 0.1) is 6.92 Å². The van der Waals surface area contributed by atoms with E-state index in [1.165, 1.54) is 0 Å². The van der Waals surface area contributed by atoms with Gasteiger partial charge in [-0.2, -0.15) is 0 Å². The van der Waals surface area contributed by atoms with Crippen LogP contribution >= 0.6 is 11.3 Å². The third-order valence-corrected chi connectivity index (χ3v) is 2.87. The smallest absolute Gasteiger partial charge is 0.305 e. The predicted octanol–water partition coefficient (Wildman–Crippen LogP) is 1.75. The van der Waals surface area contributed by atoms with Crippen molar-refractivity contribution in [2.75, 3.05) is 18.0 Å². The Morgan fingerprint density at radius 3 is 2.86 bits per heavy atom. The van der Waals surface area contributed by atoms with Crippen molar-refractivity contribution in [3.05, 3.63) is 11.1 Å². The monoisotopic (exact) mass is 214 g/mol. The average molecular weight is 214 g/mol. The number of hydrogen-bond donors (Lipinski definition) is 1. The van der Waals surface area contributed by atoms with Crippen molar-refractivity contribution in [1.29, 1.82) is 0 Å². The average Bonchev–Trinajstić information content (AvgIpc) is 2.53. The Balaban J connectivity index is 2.58. The quantitative estimate of drug-likeness (QED) is 0.811. The molecule has 78 valence electrons. The molecule has 0 spiro atoms. The molecule has 0 unspecified atom stereocenters. The third kappa shape index (κ3) is 2.99. The van der Waals surface area contributed by atoms with Crippen LogP contribution in [0.2, 0.25) is 0 Å². The maximum absolute atomic E-state index is 10.4. The molecule has 1 aromatic heterocycles. The highest BCUT2D eigenvalue weighted by molar-refractivity contribution is 7.13. The predicted molar refractivity (Wildman–Crippen MR) is 57.0 cm³/mol. The number of thiazole rings is 1. The van der Waals surface area contributed by atoms with Crippen LogP contribution in [0.25, 0.3) is 0 Å². The molecule has 1 aromatic rings. The Morgan fingerprint density at radius 2 is 2.43 bits per heavy atom. The fraction of sp³-hybridized carbons (Fsp3) is 0.556. The normalized spacial score (nSPS) is 10.1. The summed E-state index contributed by atoms with van der Waals surface area (Å²) < 4.78 is 0. The SMILES string of the molecule is CCN(CCC(=O)O)c1nc(C)cs1. The number of carboxylic acid groups (broad SMARTS) is 1. The first-order valence-corrected chi connectivity index (χ1v) is 5.40. The highest BCUT2D eigenvalue weighted by atomic mass is 32.1. The summed E-state index contributed by atoms with van der Waals surface area (Å²) in [5.41, 5.74) is 0.985. The lowest BCUT2D eigenvalue weighted by atomic mass is 10.4. The van der Waals surface area contributed by atoms with E-state index in [1.807, 2.05) is 24.1 Å². The number of anilines is 1. The van der Waals surface area contributed by atoms with E-state index < -0.39 is 5.97 Å². The molecule has 1 N–H and O–H groups in total. The van der Waals surface area contributed by atoms with Crippen LogP contribution in [0.4, 0.5) is 5.13 Å². The zero-order chi connectivity index (χ0) is 10.6. The van der Waals surface area contributed by atoms with E-state index in [2.05, 4.69) is 4.98 Å². The number of aryl methyl sites for hydroxylation is 1. The van der Waals surface area contributed by atoms with Gasteiger partial charge < -0.3 is 10.0 Å². The molecule has 0 aliphatic heterocycles. The summed E-state index contributed by atoms with van der Waals surface area (Å²) in [6.07, 6.45) is 0.159. The second-order valence-corrected chi connectivity index (χ2v) is 3.83. The maximum atomic E-state index is 10.4. The fourth-order valence-electron chi connectivity index (χ4n) is 1.11. The van der Waals surface area contributed by atoms with Crippen LogP contribution in [0.15, 0.2) is 5.38 Å². The van der Waals surface area contributed by atoms with Crippen LogP contribution in [-0.2, 0) is 4.79 Å². The summed E-state index contributed by atoms with van der Waals surface area (Å²) >= 11 is 1.56. The highest BCUT2D eigenvalue weighted by Crippen LogP contribution is 2.19. The van der Waals surface area contributed by atoms with E-state index in [0.29, 0.717) is 6.54 Å². The first-order valence-electron chi connectivity index (χ1n) is 4.52. The number of carboxylic acids is 1. The topological polar surface area (TPSA) is 53.4 Å². The molecule has 0 amide bonds. The first-order chi connectivity index (χ1) is 6.63. The molecule has 0 aliphatic rings. The lowest BCUT2D eigenvalue weighted by Gasteiger charge is -2.18. The number of aromatic nitrogens is 1. The molecule has 0 atom stereocenters. The highest BCUT2D eigenvalue weighted by Gasteiger charge is 2.09. The molecule has 0 bridgehead atoms. The number of rotatable bonds is 5. The van der Waals surface area contributed by atoms with Gasteiger partial charge in [0.2, 0.25) is 0 Å². The molecule has 14 heavy (non-hydrogen) atoms. The molecular weight excluding hydrogens is 200 g/mol. The van der Waals surface area contributed by atoms with Gasteiger partial charge in [0.05, 0.1) is 12.1 Å². The molecule has 4 nitrogen and oxygen atoms in total. The Morgan fingerprint density at radius 1 is 1.71 bits per heavy atom. The van der Waals surface area contributed by atoms with Gasteiger partial charge in [-0.1, -0.05) is 0 Å². The zero-order valence-corrected chi connectivity index (χ0v) is 9.17. The lowest BCUT2D eigenvalue weighted by Crippen LogP contribution is -2.25. The van der Waals surface area contributed by atoms with Crippen LogP contribution < -0.4 is 4.90 Å². The Labute approximate surface area is 87.2 Å². The summed E-state index contributed by atoms with van der Waals surface area (Å²) in [5, 5.41) is 11.4. The second-order valence-electron chi connectivity index (χ2n) is 2.99. The van der Waals surface area contributed by atoms with Crippen molar-refractivity contribution in [2.45, 2.75) is 20.3 Å². The lowest BCUT2D eigenvalue weighted by molar-refractivity contribution is -0.136. The van der Waals surface area contributed by atoms with Gasteiger partial charge in [-0.05, 0) is 13.8 Å². The van der Waals surface area contributed by atoms with E-state index in [9.17, 15) is 4.79 Å². The molecule has 5 heteroatoms. The van der Waals surface area contributed by atoms with E-state index in [4.69, 9.17) is 5.11 Å². The molecule has 0 saturated heterocycles. The summed E-state index contributed by atoms with van der Waals surface area (Å²) in [4.78, 5) is 16.7. The standard InChI is InChI=1S/C9H14N2O2S/c1-3-11(5-4-8(12)13)9-10-7(2)6-14-9/h6H,3-5H2,1-2H3,(H,12,13). The van der Waals surface area contributed by atoms with Gasteiger partial charge in [0.25, 0.3) is 0 Å². The summed E-state index contributed by atoms with van der Waals surface area (Å²) in [7, 11) is 0. The molecule has 0 fully saturated rings. The van der Waals surface area contributed by atoms with Gasteiger partial charge in [0.15, 0.2) is 5.13 Å². The van der Waals surface area contributed by atoms with E-state index in [1.54, 1.807) is 11.3 Å². The minimum absolute atomic E-state index is 0.159. The fourth-order valence-corrected chi connectivity index (χ4v) is 2.00. The Hall–Kier alpha value is -1.10. The maximum Gasteiger partial charge on any atom is 0.305 e. The van der Waals surface area contributed by atoms with Gasteiger partial charge in [0, 0.05) is 18.5 Å². The molecule has 0 radical (unpaired) electrons. The van der Waals surface area contributed by atoms with Crippen molar-refractivity contribution >= 4 is 22.4 Å². The molecule has 1 heterocycles. The zero-order valence-electron chi connectivity index (χ0n) is 8.36. The van der Waals surface area contributed by atoms with Crippen LogP contribution in [0.5, 0.6) is 0 Å². The molecule has 1 rings (SSSR count). The van der Waals surface area contributed by atoms with E-state index >= 15 is 0 Å². The molecule has 0 aliphatic carbocycles. The van der Waals surface area contributed by atoms with Gasteiger partial charge in [-0.15, -0.1) is 11.3 Å². The number of hydrogen-bond acceptors (Lipinski definition) is 4. The van der Waals surface area contributed by atoms with Crippen molar-refractivity contribution < 1.29 is 9.90 Å². The van der Waals surface area contributed by atoms with Gasteiger partial charge in [-0.3, -0.25) is 4.79 Å². The van der Waals surface area contributed by atoms with E-state index in [-0.39, 0.29) is 6.42 Å². The summed E-state index contributed by atoms with van der Waals surface area (Å²) in [6, 6.07) is 0. The van der Waals surface area contributed by atoms with Gasteiger partial charge in [-0.25, -0.2) is 4.98 Å². The Kier molecular flexibility index (Phi) is 3.88. The molecule has 0 saturated carbocycles. The number of carbonyl (C=O) groups is 1. The minimum atomic E-state index is -0.767. The largest absolute Gasteiger partial charge is 0.481 e. The minimum Gasteiger partial charge on any atom is -0.481 e. The second kappa shape index (κ2) is 4.95. The van der Waals surface area contributed by atoms with Gasteiger partial charge >= 0.3 is 5.97 Å². The van der Waals surface area contributed by atoms with Crippen LogP contribution in [0.1, 0.15) is 19.0 Å². The number of aliphatic carboxylic acids is 1. The molecule has 0 aromatic carbocycles. The summed E-state index contributed by atoms with van der Waals surface area (Å²) in [5.74, 6) is -0.767. The number of nitrogens with zero attached hydrogens (tertiary/aromatic N) is 2. The third-order valence-electron chi connectivity index (χ3n) is 1.85. The first kappa shape index (κ1) is 11.0. The van der Waals surface area contributed by atoms with Crippen molar-refractivity contribution in [2.24, 2.45) is 0 Å². The van der Waals surface area contributed by atoms with Gasteiger partial charge in [0.1, 0.15) is 0 Å². The summed E-state index contributed by atoms with van der Waals surface area (Å²) in [6.45, 7) is 5.25. The van der Waals surface area contributed by atoms with E-state index in [0.717, 1.165) is 17.4 Å². The van der Waals surface area contributed by atoms with Crippen LogP contribution in [0.3, 0.4) is 0 Å².